The molecule has 2 aromatic rings. The van der Waals surface area contributed by atoms with E-state index in [0.29, 0.717) is 19.6 Å². The molecule has 1 aliphatic carbocycles. The van der Waals surface area contributed by atoms with Gasteiger partial charge in [-0.25, -0.2) is 0 Å². The molecular weight excluding hydrogens is 340 g/mol. The third kappa shape index (κ3) is 2.55. The summed E-state index contributed by atoms with van der Waals surface area (Å²) in [5.74, 6) is 0.387. The van der Waals surface area contributed by atoms with Crippen molar-refractivity contribution in [2.45, 2.75) is 57.8 Å². The number of aryl methyl sites for hydroxylation is 1. The summed E-state index contributed by atoms with van der Waals surface area (Å²) in [6.07, 6.45) is 5.04. The number of nitrogens with zero attached hydrogens (tertiary/aromatic N) is 1. The summed E-state index contributed by atoms with van der Waals surface area (Å²) in [5.41, 5.74) is 4.49. The molecular formula is C22H28N2O3. The van der Waals surface area contributed by atoms with Gasteiger partial charge in [0.15, 0.2) is 5.78 Å². The molecule has 0 radical (unpaired) electrons. The van der Waals surface area contributed by atoms with Gasteiger partial charge in [-0.1, -0.05) is 13.8 Å². The van der Waals surface area contributed by atoms with Crippen LogP contribution in [0.3, 0.4) is 0 Å². The second kappa shape index (κ2) is 6.79. The summed E-state index contributed by atoms with van der Waals surface area (Å²) in [5, 5.41) is 1.09. The van der Waals surface area contributed by atoms with Gasteiger partial charge in [0.25, 0.3) is 0 Å². The van der Waals surface area contributed by atoms with Crippen LogP contribution in [0, 0.1) is 0 Å². The van der Waals surface area contributed by atoms with Crippen LogP contribution in [0.25, 0.3) is 10.9 Å². The Labute approximate surface area is 160 Å². The Hall–Kier alpha value is -2.14. The number of carbonyl (C=O) groups excluding carboxylic acids is 2. The maximum absolute atomic E-state index is 13.4. The predicted octanol–water partition coefficient (Wildman–Crippen LogP) is 4.13. The van der Waals surface area contributed by atoms with Gasteiger partial charge in [-0.3, -0.25) is 9.59 Å². The van der Waals surface area contributed by atoms with E-state index in [2.05, 4.69) is 31.0 Å². The first-order valence-electron chi connectivity index (χ1n) is 10.1. The highest BCUT2D eigenvalue weighted by atomic mass is 16.5. The zero-order valence-electron chi connectivity index (χ0n) is 16.5. The van der Waals surface area contributed by atoms with Crippen LogP contribution in [0.15, 0.2) is 12.1 Å². The van der Waals surface area contributed by atoms with Crippen molar-refractivity contribution in [1.82, 2.24) is 4.98 Å². The number of methoxy groups -OCH3 is 1. The van der Waals surface area contributed by atoms with Crippen molar-refractivity contribution in [2.24, 2.45) is 0 Å². The highest BCUT2D eigenvalue weighted by molar-refractivity contribution is 6.11. The van der Waals surface area contributed by atoms with Gasteiger partial charge in [0.1, 0.15) is 0 Å². The number of aromatic nitrogens is 1. The van der Waals surface area contributed by atoms with Gasteiger partial charge in [0.05, 0.1) is 17.7 Å². The summed E-state index contributed by atoms with van der Waals surface area (Å²) < 4.78 is 5.25. The first kappa shape index (κ1) is 18.2. The average Bonchev–Trinajstić information content (AvgIpc) is 3.06. The summed E-state index contributed by atoms with van der Waals surface area (Å²) in [4.78, 5) is 31.2. The lowest BCUT2D eigenvalue weighted by Crippen LogP contribution is -2.40. The minimum Gasteiger partial charge on any atom is -0.383 e. The van der Waals surface area contributed by atoms with E-state index in [0.717, 1.165) is 65.5 Å². The molecule has 2 heterocycles. The fraction of sp³-hybridized carbons (Fsp3) is 0.545. The number of hydrogen-bond donors (Lipinski definition) is 1. The highest BCUT2D eigenvalue weighted by Crippen LogP contribution is 2.48. The highest BCUT2D eigenvalue weighted by Gasteiger charge is 2.48. The lowest BCUT2D eigenvalue weighted by molar-refractivity contribution is -0.123. The van der Waals surface area contributed by atoms with Crippen molar-refractivity contribution >= 4 is 28.3 Å². The van der Waals surface area contributed by atoms with Gasteiger partial charge in [-0.2, -0.15) is 0 Å². The van der Waals surface area contributed by atoms with Gasteiger partial charge in [0.2, 0.25) is 5.91 Å². The zero-order chi connectivity index (χ0) is 19.2. The molecule has 0 atom stereocenters. The third-order valence-electron chi connectivity index (χ3n) is 6.57. The number of Topliss-reactive ketones (excluding diaryl/α,β-unsaturated/α-hetero) is 1. The van der Waals surface area contributed by atoms with Crippen LogP contribution in [-0.2, 0) is 21.4 Å². The molecule has 1 N–H and O–H groups in total. The molecule has 0 fully saturated rings. The largest absolute Gasteiger partial charge is 0.383 e. The molecule has 27 heavy (non-hydrogen) atoms. The quantitative estimate of drug-likeness (QED) is 0.807. The molecule has 5 heteroatoms. The Kier molecular flexibility index (Phi) is 4.58. The zero-order valence-corrected chi connectivity index (χ0v) is 16.5. The van der Waals surface area contributed by atoms with Crippen LogP contribution in [0.2, 0.25) is 0 Å². The first-order valence-corrected chi connectivity index (χ1v) is 10.1. The Bertz CT molecular complexity index is 908. The number of carbonyl (C=O) groups is 2. The molecule has 1 aromatic carbocycles. The van der Waals surface area contributed by atoms with Crippen LogP contribution in [0.1, 0.15) is 67.6 Å². The molecule has 0 spiro atoms. The van der Waals surface area contributed by atoms with Crippen molar-refractivity contribution in [3.63, 3.8) is 0 Å². The van der Waals surface area contributed by atoms with Crippen LogP contribution < -0.4 is 4.90 Å². The second-order valence-electron chi connectivity index (χ2n) is 7.76. The molecule has 2 aliphatic rings. The third-order valence-corrected chi connectivity index (χ3v) is 6.57. The van der Waals surface area contributed by atoms with E-state index >= 15 is 0 Å². The number of nitrogens with one attached hydrogen (secondary N) is 1. The number of hydrogen-bond acceptors (Lipinski definition) is 3. The summed E-state index contributed by atoms with van der Waals surface area (Å²) in [7, 11) is 1.66. The van der Waals surface area contributed by atoms with Crippen LogP contribution in [0.4, 0.5) is 5.69 Å². The normalized spacial score (nSPS) is 18.7. The van der Waals surface area contributed by atoms with Gasteiger partial charge < -0.3 is 14.6 Å². The average molecular weight is 368 g/mol. The molecule has 1 aromatic heterocycles. The number of ketones is 1. The fourth-order valence-electron chi connectivity index (χ4n) is 4.92. The standard InChI is InChI=1S/C22H28N2O3/c1-4-22(5-2)16-13-17-15(12-18(16)24(21(22)26)10-11-27-3)14-8-6-7-9-19(25)20(14)23-17/h12-13,23H,4-11H2,1-3H3. The number of amides is 1. The number of ether oxygens (including phenoxy) is 1. The SMILES string of the molecule is CCC1(CC)C(=O)N(CCOC)c2cc3c4c([nH]c3cc21)C(=O)CCCC4. The Morgan fingerprint density at radius 3 is 2.59 bits per heavy atom. The molecule has 0 unspecified atom stereocenters. The van der Waals surface area contributed by atoms with Crippen LogP contribution in [-0.4, -0.2) is 36.9 Å². The van der Waals surface area contributed by atoms with Gasteiger partial charge in [0, 0.05) is 36.7 Å². The van der Waals surface area contributed by atoms with Crippen molar-refractivity contribution in [3.8, 4) is 0 Å². The van der Waals surface area contributed by atoms with Gasteiger partial charge >= 0.3 is 0 Å². The van der Waals surface area contributed by atoms with Crippen molar-refractivity contribution in [2.75, 3.05) is 25.2 Å². The molecule has 0 bridgehead atoms. The Morgan fingerprint density at radius 1 is 1.15 bits per heavy atom. The lowest BCUT2D eigenvalue weighted by Gasteiger charge is -2.26. The number of H-pyrrole nitrogens is 1. The maximum Gasteiger partial charge on any atom is 0.237 e. The van der Waals surface area contributed by atoms with E-state index < -0.39 is 5.41 Å². The Balaban J connectivity index is 1.94. The number of benzene rings is 1. The molecule has 0 saturated carbocycles. The minimum atomic E-state index is -0.482. The van der Waals surface area contributed by atoms with E-state index in [1.165, 1.54) is 0 Å². The van der Waals surface area contributed by atoms with Crippen molar-refractivity contribution in [1.29, 1.82) is 0 Å². The van der Waals surface area contributed by atoms with E-state index in [-0.39, 0.29) is 11.7 Å². The van der Waals surface area contributed by atoms with E-state index in [4.69, 9.17) is 4.74 Å². The number of aromatic amines is 1. The predicted molar refractivity (Wildman–Crippen MR) is 107 cm³/mol. The monoisotopic (exact) mass is 368 g/mol. The number of rotatable bonds is 5. The Morgan fingerprint density at radius 2 is 1.89 bits per heavy atom. The smallest absolute Gasteiger partial charge is 0.237 e. The minimum absolute atomic E-state index is 0.175. The lowest BCUT2D eigenvalue weighted by atomic mass is 9.76. The fourth-order valence-corrected chi connectivity index (χ4v) is 4.92. The van der Waals surface area contributed by atoms with Gasteiger partial charge in [-0.05, 0) is 55.4 Å². The molecule has 1 amide bonds. The summed E-state index contributed by atoms with van der Waals surface area (Å²) >= 11 is 0. The number of fused-ring (bicyclic) bond motifs is 4. The topological polar surface area (TPSA) is 62.4 Å². The van der Waals surface area contributed by atoms with Crippen molar-refractivity contribution in [3.05, 3.63) is 29.0 Å². The molecule has 4 rings (SSSR count). The second-order valence-corrected chi connectivity index (χ2v) is 7.76. The maximum atomic E-state index is 13.4. The van der Waals surface area contributed by atoms with E-state index in [1.54, 1.807) is 7.11 Å². The molecule has 144 valence electrons. The molecule has 5 nitrogen and oxygen atoms in total. The van der Waals surface area contributed by atoms with Crippen molar-refractivity contribution < 1.29 is 14.3 Å². The van der Waals surface area contributed by atoms with Crippen LogP contribution in [0.5, 0.6) is 0 Å². The summed E-state index contributed by atoms with van der Waals surface area (Å²) in [6.45, 7) is 5.24. The summed E-state index contributed by atoms with van der Waals surface area (Å²) in [6, 6.07) is 4.27. The number of anilines is 1. The van der Waals surface area contributed by atoms with E-state index in [1.807, 2.05) is 4.90 Å². The van der Waals surface area contributed by atoms with Gasteiger partial charge in [-0.15, -0.1) is 0 Å². The molecule has 0 saturated heterocycles. The first-order chi connectivity index (χ1) is 13.1. The van der Waals surface area contributed by atoms with Crippen LogP contribution >= 0.6 is 0 Å². The molecule has 1 aliphatic heterocycles. The van der Waals surface area contributed by atoms with E-state index in [9.17, 15) is 9.59 Å².